The highest BCUT2D eigenvalue weighted by Gasteiger charge is 2.12. The normalized spacial score (nSPS) is 12.0. The number of hydrogen-bond donors (Lipinski definition) is 3. The van der Waals surface area contributed by atoms with Crippen LogP contribution in [0, 0.1) is 13.8 Å². The fourth-order valence-electron chi connectivity index (χ4n) is 1.70. The van der Waals surface area contributed by atoms with Crippen LogP contribution in [-0.4, -0.2) is 11.2 Å². The van der Waals surface area contributed by atoms with Crippen LogP contribution in [0.1, 0.15) is 29.8 Å². The number of urea groups is 1. The molecule has 106 valence electrons. The van der Waals surface area contributed by atoms with E-state index < -0.39 is 0 Å². The second kappa shape index (κ2) is 5.75. The van der Waals surface area contributed by atoms with Gasteiger partial charge in [0.05, 0.1) is 5.69 Å². The van der Waals surface area contributed by atoms with Crippen LogP contribution in [0.3, 0.4) is 0 Å². The number of nitrogens with zero attached hydrogens (tertiary/aromatic N) is 1. The van der Waals surface area contributed by atoms with Gasteiger partial charge in [0.15, 0.2) is 0 Å². The molecule has 0 saturated carbocycles. The third-order valence-corrected chi connectivity index (χ3v) is 3.05. The second-order valence-electron chi connectivity index (χ2n) is 4.72. The smallest absolute Gasteiger partial charge is 0.326 e. The number of carbonyl (C=O) groups excluding carboxylic acids is 1. The van der Waals surface area contributed by atoms with Gasteiger partial charge in [-0.05, 0) is 38.5 Å². The van der Waals surface area contributed by atoms with Gasteiger partial charge in [-0.15, -0.1) is 0 Å². The van der Waals surface area contributed by atoms with Crippen LogP contribution in [0.25, 0.3) is 0 Å². The van der Waals surface area contributed by atoms with Gasteiger partial charge in [-0.3, -0.25) is 5.32 Å². The summed E-state index contributed by atoms with van der Waals surface area (Å²) >= 11 is 0. The van der Waals surface area contributed by atoms with Gasteiger partial charge < -0.3 is 15.6 Å². The van der Waals surface area contributed by atoms with Gasteiger partial charge in [0.2, 0.25) is 5.88 Å². The first-order valence-electron chi connectivity index (χ1n) is 6.34. The first kappa shape index (κ1) is 14.1. The Morgan fingerprint density at radius 1 is 1.35 bits per heavy atom. The fraction of sp³-hybridized carbons (Fsp3) is 0.286. The molecule has 1 aromatic carbocycles. The van der Waals surface area contributed by atoms with Crippen molar-refractivity contribution in [1.82, 2.24) is 5.16 Å². The van der Waals surface area contributed by atoms with Crippen LogP contribution >= 0.6 is 0 Å². The minimum Gasteiger partial charge on any atom is -0.338 e. The molecule has 20 heavy (non-hydrogen) atoms. The van der Waals surface area contributed by atoms with E-state index in [1.54, 1.807) is 6.07 Å². The van der Waals surface area contributed by atoms with E-state index in [9.17, 15) is 4.79 Å². The summed E-state index contributed by atoms with van der Waals surface area (Å²) in [6, 6.07) is 6.92. The highest BCUT2D eigenvalue weighted by atomic mass is 16.5. The van der Waals surface area contributed by atoms with E-state index in [1.807, 2.05) is 39.0 Å². The van der Waals surface area contributed by atoms with Crippen molar-refractivity contribution in [1.29, 1.82) is 0 Å². The molecule has 6 heteroatoms. The van der Waals surface area contributed by atoms with Crippen molar-refractivity contribution in [3.8, 4) is 0 Å². The molecule has 0 aliphatic carbocycles. The Bertz CT molecular complexity index is 619. The summed E-state index contributed by atoms with van der Waals surface area (Å²) in [4.78, 5) is 11.9. The molecule has 2 rings (SSSR count). The molecule has 4 N–H and O–H groups in total. The Hall–Kier alpha value is -2.34. The number of nitrogens with two attached hydrogens (primary N) is 1. The molecular formula is C14H18N4O2. The van der Waals surface area contributed by atoms with Gasteiger partial charge in [-0.25, -0.2) is 4.79 Å². The Labute approximate surface area is 117 Å². The maximum atomic E-state index is 11.9. The van der Waals surface area contributed by atoms with Crippen LogP contribution < -0.4 is 16.4 Å². The Morgan fingerprint density at radius 2 is 2.10 bits per heavy atom. The first-order valence-corrected chi connectivity index (χ1v) is 6.34. The van der Waals surface area contributed by atoms with Crippen LogP contribution in [-0.2, 0) is 0 Å². The molecule has 1 heterocycles. The van der Waals surface area contributed by atoms with Crippen molar-refractivity contribution in [3.05, 3.63) is 41.1 Å². The Morgan fingerprint density at radius 3 is 2.70 bits per heavy atom. The van der Waals surface area contributed by atoms with Crippen molar-refractivity contribution in [3.63, 3.8) is 0 Å². The van der Waals surface area contributed by atoms with Gasteiger partial charge in [0.25, 0.3) is 0 Å². The number of hydrogen-bond acceptors (Lipinski definition) is 4. The zero-order valence-electron chi connectivity index (χ0n) is 11.7. The molecule has 2 amide bonds. The lowest BCUT2D eigenvalue weighted by atomic mass is 10.1. The van der Waals surface area contributed by atoms with Crippen LogP contribution in [0.5, 0.6) is 0 Å². The third kappa shape index (κ3) is 3.16. The van der Waals surface area contributed by atoms with Crippen LogP contribution in [0.4, 0.5) is 16.4 Å². The fourth-order valence-corrected chi connectivity index (χ4v) is 1.70. The van der Waals surface area contributed by atoms with Gasteiger partial charge in [0, 0.05) is 17.3 Å². The molecule has 1 aromatic heterocycles. The average Bonchev–Trinajstić information content (AvgIpc) is 2.71. The summed E-state index contributed by atoms with van der Waals surface area (Å²) in [7, 11) is 0. The Balaban J connectivity index is 2.05. The maximum absolute atomic E-state index is 11.9. The largest absolute Gasteiger partial charge is 0.338 e. The molecule has 0 radical (unpaired) electrons. The van der Waals surface area contributed by atoms with E-state index >= 15 is 0 Å². The van der Waals surface area contributed by atoms with Crippen LogP contribution in [0.2, 0.25) is 0 Å². The van der Waals surface area contributed by atoms with Crippen molar-refractivity contribution in [2.45, 2.75) is 26.8 Å². The average molecular weight is 274 g/mol. The molecule has 6 nitrogen and oxygen atoms in total. The Kier molecular flexibility index (Phi) is 4.05. The van der Waals surface area contributed by atoms with Gasteiger partial charge >= 0.3 is 6.03 Å². The molecule has 1 atom stereocenters. The molecule has 0 bridgehead atoms. The molecule has 0 aliphatic rings. The van der Waals surface area contributed by atoms with Crippen molar-refractivity contribution >= 4 is 17.6 Å². The minimum absolute atomic E-state index is 0.0843. The van der Waals surface area contributed by atoms with Crippen molar-refractivity contribution in [2.75, 3.05) is 10.6 Å². The van der Waals surface area contributed by atoms with E-state index in [4.69, 9.17) is 10.3 Å². The maximum Gasteiger partial charge on any atom is 0.326 e. The van der Waals surface area contributed by atoms with Crippen molar-refractivity contribution in [2.24, 2.45) is 5.73 Å². The zero-order valence-corrected chi connectivity index (χ0v) is 11.7. The number of anilines is 2. The van der Waals surface area contributed by atoms with E-state index in [0.717, 1.165) is 16.8 Å². The molecule has 0 saturated heterocycles. The predicted molar refractivity (Wildman–Crippen MR) is 77.7 cm³/mol. The molecule has 1 unspecified atom stereocenters. The zero-order chi connectivity index (χ0) is 14.7. The molecule has 2 aromatic rings. The number of aryl methyl sites for hydroxylation is 1. The van der Waals surface area contributed by atoms with Crippen molar-refractivity contribution < 1.29 is 9.32 Å². The number of rotatable bonds is 3. The predicted octanol–water partition coefficient (Wildman–Crippen LogP) is 2.96. The topological polar surface area (TPSA) is 93.2 Å². The monoisotopic (exact) mass is 274 g/mol. The molecule has 0 aliphatic heterocycles. The highest BCUT2D eigenvalue weighted by molar-refractivity contribution is 5.99. The lowest BCUT2D eigenvalue weighted by Crippen LogP contribution is -2.19. The third-order valence-electron chi connectivity index (χ3n) is 3.05. The summed E-state index contributed by atoms with van der Waals surface area (Å²) < 4.78 is 5.02. The summed E-state index contributed by atoms with van der Waals surface area (Å²) in [6.45, 7) is 5.53. The SMILES string of the molecule is Cc1noc(NC(=O)Nc2cccc(C(C)N)c2)c1C. The lowest BCUT2D eigenvalue weighted by molar-refractivity contribution is 0.261. The standard InChI is InChI=1S/C14H18N4O2/c1-8-10(3)18-20-13(8)17-14(19)16-12-6-4-5-11(7-12)9(2)15/h4-7,9H,15H2,1-3H3,(H2,16,17,19). The lowest BCUT2D eigenvalue weighted by Gasteiger charge is -2.09. The van der Waals surface area contributed by atoms with Gasteiger partial charge in [0.1, 0.15) is 0 Å². The van der Waals surface area contributed by atoms with Gasteiger partial charge in [-0.1, -0.05) is 17.3 Å². The number of nitrogens with one attached hydrogen (secondary N) is 2. The van der Waals surface area contributed by atoms with E-state index in [-0.39, 0.29) is 12.1 Å². The van der Waals surface area contributed by atoms with E-state index in [2.05, 4.69) is 15.8 Å². The van der Waals surface area contributed by atoms with E-state index in [1.165, 1.54) is 0 Å². The second-order valence-corrected chi connectivity index (χ2v) is 4.72. The summed E-state index contributed by atoms with van der Waals surface area (Å²) in [5.74, 6) is 0.350. The molecule has 0 spiro atoms. The van der Waals surface area contributed by atoms with E-state index in [0.29, 0.717) is 11.6 Å². The quantitative estimate of drug-likeness (QED) is 0.802. The molecule has 0 fully saturated rings. The summed E-state index contributed by atoms with van der Waals surface area (Å²) in [5.41, 5.74) is 8.99. The number of amides is 2. The molecular weight excluding hydrogens is 256 g/mol. The number of aromatic nitrogens is 1. The van der Waals surface area contributed by atoms with Gasteiger partial charge in [-0.2, -0.15) is 0 Å². The van der Waals surface area contributed by atoms with Crippen LogP contribution in [0.15, 0.2) is 28.8 Å². The number of benzene rings is 1. The number of carbonyl (C=O) groups is 1. The minimum atomic E-state index is -0.383. The first-order chi connectivity index (χ1) is 9.47. The summed E-state index contributed by atoms with van der Waals surface area (Å²) in [6.07, 6.45) is 0. The summed E-state index contributed by atoms with van der Waals surface area (Å²) in [5, 5.41) is 9.13. The highest BCUT2D eigenvalue weighted by Crippen LogP contribution is 2.19.